The van der Waals surface area contributed by atoms with Crippen LogP contribution in [0.15, 0.2) is 16.5 Å². The van der Waals surface area contributed by atoms with E-state index in [0.717, 1.165) is 0 Å². The first-order chi connectivity index (χ1) is 8.10. The highest BCUT2D eigenvalue weighted by Crippen LogP contribution is 2.27. The lowest BCUT2D eigenvalue weighted by atomic mass is 10.2. The highest BCUT2D eigenvalue weighted by atomic mass is 16.5. The second kappa shape index (κ2) is 4.34. The van der Waals surface area contributed by atoms with Crippen molar-refractivity contribution in [3.8, 4) is 11.8 Å². The van der Waals surface area contributed by atoms with E-state index in [4.69, 9.17) is 20.1 Å². The lowest BCUT2D eigenvalue weighted by molar-refractivity contribution is 0.270. The van der Waals surface area contributed by atoms with Crippen molar-refractivity contribution in [2.75, 3.05) is 12.3 Å². The Morgan fingerprint density at radius 2 is 2.29 bits per heavy atom. The largest absolute Gasteiger partial charge is 0.492 e. The predicted octanol–water partition coefficient (Wildman–Crippen LogP) is 2.32. The first-order valence-corrected chi connectivity index (χ1v) is 5.33. The summed E-state index contributed by atoms with van der Waals surface area (Å²) in [6.45, 7) is 4.63. The fraction of sp³-hybridized carbons (Fsp3) is 0.333. The van der Waals surface area contributed by atoms with Crippen molar-refractivity contribution < 1.29 is 9.15 Å². The molecule has 1 aromatic heterocycles. The maximum absolute atomic E-state index is 9.03. The van der Waals surface area contributed by atoms with E-state index in [-0.39, 0.29) is 6.01 Å². The van der Waals surface area contributed by atoms with Crippen LogP contribution >= 0.6 is 0 Å². The molecule has 0 amide bonds. The van der Waals surface area contributed by atoms with Gasteiger partial charge >= 0.3 is 0 Å². The third-order valence-corrected chi connectivity index (χ3v) is 2.20. The summed E-state index contributed by atoms with van der Waals surface area (Å²) >= 11 is 0. The Kier molecular flexibility index (Phi) is 2.88. The second-order valence-corrected chi connectivity index (χ2v) is 4.18. The topological polar surface area (TPSA) is 85.1 Å². The van der Waals surface area contributed by atoms with Crippen molar-refractivity contribution in [2.24, 2.45) is 5.92 Å². The zero-order valence-electron chi connectivity index (χ0n) is 9.73. The number of nitrogen functional groups attached to an aromatic ring is 1. The van der Waals surface area contributed by atoms with E-state index in [1.165, 1.54) is 0 Å². The van der Waals surface area contributed by atoms with E-state index in [9.17, 15) is 0 Å². The normalized spacial score (nSPS) is 10.7. The Morgan fingerprint density at radius 1 is 1.53 bits per heavy atom. The molecule has 2 aromatic rings. The molecule has 0 unspecified atom stereocenters. The van der Waals surface area contributed by atoms with Crippen LogP contribution in [-0.2, 0) is 0 Å². The molecule has 88 valence electrons. The van der Waals surface area contributed by atoms with Gasteiger partial charge in [-0.1, -0.05) is 13.8 Å². The molecule has 0 aliphatic rings. The summed E-state index contributed by atoms with van der Waals surface area (Å²) in [5.41, 5.74) is 6.97. The summed E-state index contributed by atoms with van der Waals surface area (Å²) in [7, 11) is 0. The van der Waals surface area contributed by atoms with Crippen LogP contribution < -0.4 is 10.5 Å². The van der Waals surface area contributed by atoms with Gasteiger partial charge < -0.3 is 14.9 Å². The summed E-state index contributed by atoms with van der Waals surface area (Å²) in [6.07, 6.45) is 0. The van der Waals surface area contributed by atoms with Crippen LogP contribution in [0.1, 0.15) is 19.4 Å². The van der Waals surface area contributed by atoms with E-state index in [0.29, 0.717) is 34.9 Å². The summed E-state index contributed by atoms with van der Waals surface area (Å²) < 4.78 is 10.7. The van der Waals surface area contributed by atoms with Crippen molar-refractivity contribution in [1.82, 2.24) is 4.98 Å². The number of hydrogen-bond acceptors (Lipinski definition) is 5. The molecule has 0 aliphatic heterocycles. The molecule has 2 N–H and O–H groups in total. The van der Waals surface area contributed by atoms with Gasteiger partial charge in [-0.25, -0.2) is 0 Å². The maximum Gasteiger partial charge on any atom is 0.292 e. The summed E-state index contributed by atoms with van der Waals surface area (Å²) in [5, 5.41) is 9.03. The van der Waals surface area contributed by atoms with E-state index in [1.807, 2.05) is 13.8 Å². The number of nitrogens with two attached hydrogens (primary N) is 1. The van der Waals surface area contributed by atoms with Crippen molar-refractivity contribution >= 4 is 17.1 Å². The minimum Gasteiger partial charge on any atom is -0.492 e. The Morgan fingerprint density at radius 3 is 2.94 bits per heavy atom. The molecule has 0 atom stereocenters. The average molecular weight is 231 g/mol. The molecule has 0 bridgehead atoms. The van der Waals surface area contributed by atoms with E-state index in [2.05, 4.69) is 11.1 Å². The number of nitrogens with zero attached hydrogens (tertiary/aromatic N) is 2. The van der Waals surface area contributed by atoms with Gasteiger partial charge in [0.1, 0.15) is 17.3 Å². The number of aromatic nitrogens is 1. The number of rotatable bonds is 3. The van der Waals surface area contributed by atoms with Gasteiger partial charge in [0.25, 0.3) is 6.01 Å². The molecule has 0 aliphatic carbocycles. The molecule has 0 saturated heterocycles. The van der Waals surface area contributed by atoms with Gasteiger partial charge in [0.15, 0.2) is 5.58 Å². The number of anilines is 1. The SMILES string of the molecule is CC(C)COc1cc2nc(N)oc2cc1C#N. The van der Waals surface area contributed by atoms with Crippen LogP contribution in [0.2, 0.25) is 0 Å². The Hall–Kier alpha value is -2.22. The van der Waals surface area contributed by atoms with Crippen LogP contribution in [0.3, 0.4) is 0 Å². The van der Waals surface area contributed by atoms with Gasteiger partial charge in [0.05, 0.1) is 12.2 Å². The van der Waals surface area contributed by atoms with Gasteiger partial charge in [0.2, 0.25) is 0 Å². The molecule has 5 heteroatoms. The Labute approximate surface area is 98.8 Å². The fourth-order valence-electron chi connectivity index (χ4n) is 1.44. The lowest BCUT2D eigenvalue weighted by Gasteiger charge is -2.09. The standard InChI is InChI=1S/C12H13N3O2/c1-7(2)6-16-10-4-9-11(3-8(10)5-13)17-12(14)15-9/h3-4,7H,6H2,1-2H3,(H2,14,15). The minimum absolute atomic E-state index is 0.0879. The van der Waals surface area contributed by atoms with Gasteiger partial charge in [-0.2, -0.15) is 10.2 Å². The molecule has 0 radical (unpaired) electrons. The molecule has 0 spiro atoms. The molecular formula is C12H13N3O2. The van der Waals surface area contributed by atoms with Gasteiger partial charge in [-0.15, -0.1) is 0 Å². The number of fused-ring (bicyclic) bond motifs is 1. The molecule has 2 rings (SSSR count). The van der Waals surface area contributed by atoms with Crippen molar-refractivity contribution in [1.29, 1.82) is 5.26 Å². The summed E-state index contributed by atoms with van der Waals surface area (Å²) in [6, 6.07) is 5.42. The van der Waals surface area contributed by atoms with Crippen LogP contribution in [0.4, 0.5) is 6.01 Å². The summed E-state index contributed by atoms with van der Waals surface area (Å²) in [5.74, 6) is 0.904. The third-order valence-electron chi connectivity index (χ3n) is 2.20. The van der Waals surface area contributed by atoms with E-state index < -0.39 is 0 Å². The molecule has 0 saturated carbocycles. The van der Waals surface area contributed by atoms with Crippen LogP contribution in [-0.4, -0.2) is 11.6 Å². The maximum atomic E-state index is 9.03. The predicted molar refractivity (Wildman–Crippen MR) is 63.5 cm³/mol. The average Bonchev–Trinajstić information content (AvgIpc) is 2.63. The van der Waals surface area contributed by atoms with Crippen molar-refractivity contribution in [3.05, 3.63) is 17.7 Å². The van der Waals surface area contributed by atoms with Crippen LogP contribution in [0, 0.1) is 17.2 Å². The first-order valence-electron chi connectivity index (χ1n) is 5.33. The van der Waals surface area contributed by atoms with E-state index in [1.54, 1.807) is 12.1 Å². The van der Waals surface area contributed by atoms with E-state index >= 15 is 0 Å². The van der Waals surface area contributed by atoms with Crippen LogP contribution in [0.5, 0.6) is 5.75 Å². The first kappa shape index (κ1) is 11.3. The number of benzene rings is 1. The zero-order valence-corrected chi connectivity index (χ0v) is 9.73. The molecule has 5 nitrogen and oxygen atoms in total. The number of hydrogen-bond donors (Lipinski definition) is 1. The quantitative estimate of drug-likeness (QED) is 0.876. The monoisotopic (exact) mass is 231 g/mol. The minimum atomic E-state index is 0.0879. The van der Waals surface area contributed by atoms with Gasteiger partial charge in [-0.3, -0.25) is 0 Å². The number of oxazole rings is 1. The van der Waals surface area contributed by atoms with Crippen LogP contribution in [0.25, 0.3) is 11.1 Å². The van der Waals surface area contributed by atoms with Crippen molar-refractivity contribution in [2.45, 2.75) is 13.8 Å². The Balaban J connectivity index is 2.42. The smallest absolute Gasteiger partial charge is 0.292 e. The zero-order chi connectivity index (χ0) is 12.4. The van der Waals surface area contributed by atoms with Gasteiger partial charge in [0, 0.05) is 12.1 Å². The second-order valence-electron chi connectivity index (χ2n) is 4.18. The van der Waals surface area contributed by atoms with Gasteiger partial charge in [-0.05, 0) is 5.92 Å². The fourth-order valence-corrected chi connectivity index (χ4v) is 1.44. The molecule has 1 heterocycles. The lowest BCUT2D eigenvalue weighted by Crippen LogP contribution is -2.05. The molecule has 0 fully saturated rings. The highest BCUT2D eigenvalue weighted by Gasteiger charge is 2.11. The third kappa shape index (κ3) is 2.31. The Bertz CT molecular complexity index is 581. The number of ether oxygens (including phenoxy) is 1. The van der Waals surface area contributed by atoms with Crippen molar-refractivity contribution in [3.63, 3.8) is 0 Å². The highest BCUT2D eigenvalue weighted by molar-refractivity contribution is 5.78. The summed E-state index contributed by atoms with van der Waals surface area (Å²) in [4.78, 5) is 4.00. The molecule has 1 aromatic carbocycles. The molecular weight excluding hydrogens is 218 g/mol. The number of nitriles is 1. The molecule has 17 heavy (non-hydrogen) atoms.